The summed E-state index contributed by atoms with van der Waals surface area (Å²) < 4.78 is 0. The molecule has 2 aliphatic rings. The minimum absolute atomic E-state index is 0.285. The van der Waals surface area contributed by atoms with Crippen LogP contribution in [0.5, 0.6) is 0 Å². The first-order valence-electron chi connectivity index (χ1n) is 9.54. The van der Waals surface area contributed by atoms with Crippen molar-refractivity contribution in [2.45, 2.75) is 39.0 Å². The number of rotatable bonds is 7. The first kappa shape index (κ1) is 17.3. The van der Waals surface area contributed by atoms with E-state index in [1.165, 1.54) is 24.1 Å². The molecule has 3 rings (SSSR count). The van der Waals surface area contributed by atoms with Crippen molar-refractivity contribution in [1.29, 1.82) is 0 Å². The van der Waals surface area contributed by atoms with Crippen molar-refractivity contribution < 1.29 is 4.79 Å². The minimum atomic E-state index is 0.285. The van der Waals surface area contributed by atoms with E-state index in [1.54, 1.807) is 0 Å². The summed E-state index contributed by atoms with van der Waals surface area (Å²) in [5, 5.41) is 3.09. The van der Waals surface area contributed by atoms with E-state index >= 15 is 0 Å². The maximum Gasteiger partial charge on any atom is 0.223 e. The zero-order chi connectivity index (χ0) is 16.8. The highest BCUT2D eigenvalue weighted by Gasteiger charge is 2.24. The Balaban J connectivity index is 1.28. The van der Waals surface area contributed by atoms with Crippen LogP contribution in [0.2, 0.25) is 0 Å². The molecule has 2 fully saturated rings. The average molecular weight is 329 g/mol. The third kappa shape index (κ3) is 4.73. The van der Waals surface area contributed by atoms with Crippen LogP contribution in [0.15, 0.2) is 24.3 Å². The molecule has 0 spiro atoms. The van der Waals surface area contributed by atoms with Gasteiger partial charge in [0.15, 0.2) is 0 Å². The number of unbranched alkanes of at least 4 members (excludes halogenated alkanes) is 1. The van der Waals surface area contributed by atoms with Crippen LogP contribution in [0.25, 0.3) is 0 Å². The molecular weight excluding hydrogens is 298 g/mol. The third-order valence-electron chi connectivity index (χ3n) is 5.42. The van der Waals surface area contributed by atoms with Crippen LogP contribution in [-0.4, -0.2) is 50.1 Å². The Hall–Kier alpha value is -1.55. The lowest BCUT2D eigenvalue weighted by Gasteiger charge is -2.36. The van der Waals surface area contributed by atoms with Gasteiger partial charge < -0.3 is 10.2 Å². The predicted molar refractivity (Wildman–Crippen MR) is 99.4 cm³/mol. The summed E-state index contributed by atoms with van der Waals surface area (Å²) in [5.74, 6) is 0.604. The number of hydrogen-bond donors (Lipinski definition) is 1. The third-order valence-corrected chi connectivity index (χ3v) is 5.42. The zero-order valence-corrected chi connectivity index (χ0v) is 15.0. The molecule has 132 valence electrons. The van der Waals surface area contributed by atoms with E-state index in [0.29, 0.717) is 5.92 Å². The lowest BCUT2D eigenvalue weighted by molar-refractivity contribution is -0.127. The first-order chi connectivity index (χ1) is 11.7. The molecule has 1 amide bonds. The van der Waals surface area contributed by atoms with Crippen molar-refractivity contribution in [2.75, 3.05) is 44.2 Å². The molecule has 24 heavy (non-hydrogen) atoms. The van der Waals surface area contributed by atoms with Crippen molar-refractivity contribution in [2.24, 2.45) is 5.92 Å². The molecule has 1 N–H and O–H groups in total. The average Bonchev–Trinajstić information content (AvgIpc) is 2.53. The molecule has 1 aromatic carbocycles. The number of nitrogens with one attached hydrogen (secondary N) is 1. The summed E-state index contributed by atoms with van der Waals surface area (Å²) in [7, 11) is 0. The summed E-state index contributed by atoms with van der Waals surface area (Å²) in [6.45, 7) is 8.66. The van der Waals surface area contributed by atoms with Gasteiger partial charge in [-0.1, -0.05) is 18.6 Å². The molecular formula is C20H31N3O. The largest absolute Gasteiger partial charge is 0.369 e. The van der Waals surface area contributed by atoms with E-state index in [0.717, 1.165) is 58.5 Å². The molecule has 1 aliphatic heterocycles. The van der Waals surface area contributed by atoms with Gasteiger partial charge in [-0.25, -0.2) is 0 Å². The van der Waals surface area contributed by atoms with E-state index in [-0.39, 0.29) is 5.91 Å². The molecule has 1 aliphatic carbocycles. The Kier molecular flexibility index (Phi) is 6.13. The van der Waals surface area contributed by atoms with Gasteiger partial charge in [0.25, 0.3) is 0 Å². The van der Waals surface area contributed by atoms with Gasteiger partial charge in [-0.05, 0) is 56.8 Å². The molecule has 0 radical (unpaired) electrons. The number of aryl methyl sites for hydroxylation is 1. The second-order valence-corrected chi connectivity index (χ2v) is 7.29. The Bertz CT molecular complexity index is 533. The van der Waals surface area contributed by atoms with Crippen LogP contribution >= 0.6 is 0 Å². The SMILES string of the molecule is Cc1cccc(N2CCN(CCCCNC(=O)C3CCC3)CC2)c1. The van der Waals surface area contributed by atoms with Crippen molar-refractivity contribution in [1.82, 2.24) is 10.2 Å². The monoisotopic (exact) mass is 329 g/mol. The zero-order valence-electron chi connectivity index (χ0n) is 15.0. The van der Waals surface area contributed by atoms with Crippen LogP contribution in [0.3, 0.4) is 0 Å². The molecule has 1 saturated heterocycles. The number of amides is 1. The highest BCUT2D eigenvalue weighted by Crippen LogP contribution is 2.26. The summed E-state index contributed by atoms with van der Waals surface area (Å²) in [5.41, 5.74) is 2.69. The molecule has 1 heterocycles. The van der Waals surface area contributed by atoms with Gasteiger partial charge in [0.2, 0.25) is 5.91 Å². The van der Waals surface area contributed by atoms with Gasteiger partial charge in [-0.2, -0.15) is 0 Å². The Morgan fingerprint density at radius 3 is 2.62 bits per heavy atom. The standard InChI is InChI=1S/C20H31N3O/c1-17-6-4-9-19(16-17)23-14-12-22(13-15-23)11-3-2-10-21-20(24)18-7-5-8-18/h4,6,9,16,18H,2-3,5,7-8,10-15H2,1H3,(H,21,24). The van der Waals surface area contributed by atoms with Crippen molar-refractivity contribution in [3.05, 3.63) is 29.8 Å². The molecule has 0 aromatic heterocycles. The number of hydrogen-bond acceptors (Lipinski definition) is 3. The molecule has 1 aromatic rings. The number of carbonyl (C=O) groups is 1. The van der Waals surface area contributed by atoms with Crippen LogP contribution in [0.4, 0.5) is 5.69 Å². The minimum Gasteiger partial charge on any atom is -0.369 e. The maximum absolute atomic E-state index is 11.8. The van der Waals surface area contributed by atoms with Gasteiger partial charge in [-0.15, -0.1) is 0 Å². The fourth-order valence-electron chi connectivity index (χ4n) is 3.54. The normalized spacial score (nSPS) is 19.1. The molecule has 0 bridgehead atoms. The van der Waals surface area contributed by atoms with Gasteiger partial charge in [0.1, 0.15) is 0 Å². The number of benzene rings is 1. The molecule has 4 nitrogen and oxygen atoms in total. The van der Waals surface area contributed by atoms with Crippen molar-refractivity contribution >= 4 is 11.6 Å². The number of piperazine rings is 1. The summed E-state index contributed by atoms with van der Waals surface area (Å²) in [4.78, 5) is 16.8. The Labute approximate surface area is 146 Å². The summed E-state index contributed by atoms with van der Waals surface area (Å²) in [6.07, 6.45) is 5.69. The number of carbonyl (C=O) groups excluding carboxylic acids is 1. The van der Waals surface area contributed by atoms with Gasteiger partial charge in [0, 0.05) is 44.3 Å². The van der Waals surface area contributed by atoms with Crippen LogP contribution in [0, 0.1) is 12.8 Å². The molecule has 0 atom stereocenters. The van der Waals surface area contributed by atoms with Crippen LogP contribution in [0.1, 0.15) is 37.7 Å². The smallest absolute Gasteiger partial charge is 0.223 e. The van der Waals surface area contributed by atoms with Gasteiger partial charge in [-0.3, -0.25) is 9.69 Å². The predicted octanol–water partition coefficient (Wildman–Crippen LogP) is 2.81. The van der Waals surface area contributed by atoms with Crippen LogP contribution in [-0.2, 0) is 4.79 Å². The quantitative estimate of drug-likeness (QED) is 0.781. The highest BCUT2D eigenvalue weighted by atomic mass is 16.1. The Morgan fingerprint density at radius 1 is 1.17 bits per heavy atom. The first-order valence-corrected chi connectivity index (χ1v) is 9.54. The van der Waals surface area contributed by atoms with Gasteiger partial charge >= 0.3 is 0 Å². The van der Waals surface area contributed by atoms with E-state index in [9.17, 15) is 4.79 Å². The number of nitrogens with zero attached hydrogens (tertiary/aromatic N) is 2. The van der Waals surface area contributed by atoms with E-state index in [1.807, 2.05) is 0 Å². The van der Waals surface area contributed by atoms with E-state index in [2.05, 4.69) is 46.3 Å². The molecule has 1 saturated carbocycles. The topological polar surface area (TPSA) is 35.6 Å². The van der Waals surface area contributed by atoms with Crippen LogP contribution < -0.4 is 10.2 Å². The fraction of sp³-hybridized carbons (Fsp3) is 0.650. The molecule has 0 unspecified atom stereocenters. The van der Waals surface area contributed by atoms with E-state index < -0.39 is 0 Å². The Morgan fingerprint density at radius 2 is 1.96 bits per heavy atom. The maximum atomic E-state index is 11.8. The fourth-order valence-corrected chi connectivity index (χ4v) is 3.54. The lowest BCUT2D eigenvalue weighted by Crippen LogP contribution is -2.46. The number of anilines is 1. The van der Waals surface area contributed by atoms with E-state index in [4.69, 9.17) is 0 Å². The molecule has 4 heteroatoms. The summed E-state index contributed by atoms with van der Waals surface area (Å²) in [6, 6.07) is 8.80. The summed E-state index contributed by atoms with van der Waals surface area (Å²) >= 11 is 0. The second kappa shape index (κ2) is 8.52. The van der Waals surface area contributed by atoms with Gasteiger partial charge in [0.05, 0.1) is 0 Å². The lowest BCUT2D eigenvalue weighted by atomic mass is 9.85. The second-order valence-electron chi connectivity index (χ2n) is 7.29. The van der Waals surface area contributed by atoms with Crippen molar-refractivity contribution in [3.8, 4) is 0 Å². The van der Waals surface area contributed by atoms with Crippen molar-refractivity contribution in [3.63, 3.8) is 0 Å². The highest BCUT2D eigenvalue weighted by molar-refractivity contribution is 5.79.